The van der Waals surface area contributed by atoms with Crippen molar-refractivity contribution in [1.29, 1.82) is 0 Å². The number of aryl methyl sites for hydroxylation is 2. The maximum absolute atomic E-state index is 10.4. The molecule has 0 aliphatic heterocycles. The fourth-order valence-corrected chi connectivity index (χ4v) is 2.27. The van der Waals surface area contributed by atoms with E-state index < -0.39 is 0 Å². The van der Waals surface area contributed by atoms with Crippen LogP contribution < -0.4 is 0 Å². The van der Waals surface area contributed by atoms with E-state index in [2.05, 4.69) is 18.9 Å². The summed E-state index contributed by atoms with van der Waals surface area (Å²) in [4.78, 5) is 0. The number of hydrogen-bond donors (Lipinski definition) is 1. The minimum absolute atomic E-state index is 0.355. The SMILES string of the molecule is CCCCc1nn(CCC)c(-c2ccccc2)c1O. The van der Waals surface area contributed by atoms with Crippen LogP contribution in [0.3, 0.4) is 0 Å². The minimum atomic E-state index is 0.355. The van der Waals surface area contributed by atoms with E-state index in [0.29, 0.717) is 5.75 Å². The van der Waals surface area contributed by atoms with Crippen molar-refractivity contribution in [3.63, 3.8) is 0 Å². The molecule has 2 rings (SSSR count). The molecule has 102 valence electrons. The first-order valence-electron chi connectivity index (χ1n) is 7.12. The number of aromatic hydroxyl groups is 1. The van der Waals surface area contributed by atoms with Crippen molar-refractivity contribution in [2.45, 2.75) is 46.1 Å². The van der Waals surface area contributed by atoms with Gasteiger partial charge in [-0.15, -0.1) is 0 Å². The predicted octanol–water partition coefficient (Wildman–Crippen LogP) is 4.01. The molecule has 3 heteroatoms. The van der Waals surface area contributed by atoms with Crippen LogP contribution in [-0.4, -0.2) is 14.9 Å². The van der Waals surface area contributed by atoms with E-state index in [9.17, 15) is 5.11 Å². The van der Waals surface area contributed by atoms with E-state index in [-0.39, 0.29) is 0 Å². The Morgan fingerprint density at radius 1 is 1.11 bits per heavy atom. The fraction of sp³-hybridized carbons (Fsp3) is 0.438. The maximum Gasteiger partial charge on any atom is 0.164 e. The Kier molecular flexibility index (Phi) is 4.61. The van der Waals surface area contributed by atoms with Gasteiger partial charge in [0, 0.05) is 12.1 Å². The zero-order valence-corrected chi connectivity index (χ0v) is 11.8. The van der Waals surface area contributed by atoms with Crippen LogP contribution in [0.5, 0.6) is 5.75 Å². The summed E-state index contributed by atoms with van der Waals surface area (Å²) in [7, 11) is 0. The van der Waals surface area contributed by atoms with Crippen molar-refractivity contribution < 1.29 is 5.11 Å². The van der Waals surface area contributed by atoms with Gasteiger partial charge in [-0.25, -0.2) is 0 Å². The molecule has 1 aromatic heterocycles. The Bertz CT molecular complexity index is 517. The van der Waals surface area contributed by atoms with Crippen LogP contribution in [0.1, 0.15) is 38.8 Å². The van der Waals surface area contributed by atoms with Gasteiger partial charge in [0.15, 0.2) is 5.75 Å². The molecule has 0 saturated heterocycles. The molecule has 0 spiro atoms. The summed E-state index contributed by atoms with van der Waals surface area (Å²) in [6, 6.07) is 10.0. The number of rotatable bonds is 6. The van der Waals surface area contributed by atoms with Gasteiger partial charge >= 0.3 is 0 Å². The molecule has 19 heavy (non-hydrogen) atoms. The molecule has 0 fully saturated rings. The third-order valence-corrected chi connectivity index (χ3v) is 3.25. The predicted molar refractivity (Wildman–Crippen MR) is 78.2 cm³/mol. The molecular weight excluding hydrogens is 236 g/mol. The van der Waals surface area contributed by atoms with Gasteiger partial charge in [0.2, 0.25) is 0 Å². The van der Waals surface area contributed by atoms with Crippen molar-refractivity contribution in [3.8, 4) is 17.0 Å². The summed E-state index contributed by atoms with van der Waals surface area (Å²) in [6.45, 7) is 5.11. The summed E-state index contributed by atoms with van der Waals surface area (Å²) in [5.74, 6) is 0.355. The average molecular weight is 258 g/mol. The van der Waals surface area contributed by atoms with Crippen LogP contribution >= 0.6 is 0 Å². The fourth-order valence-electron chi connectivity index (χ4n) is 2.27. The van der Waals surface area contributed by atoms with Gasteiger partial charge < -0.3 is 5.11 Å². The van der Waals surface area contributed by atoms with Gasteiger partial charge in [-0.3, -0.25) is 4.68 Å². The summed E-state index contributed by atoms with van der Waals surface area (Å²) < 4.78 is 1.94. The number of aromatic nitrogens is 2. The maximum atomic E-state index is 10.4. The highest BCUT2D eigenvalue weighted by molar-refractivity contribution is 5.67. The highest BCUT2D eigenvalue weighted by Gasteiger charge is 2.17. The van der Waals surface area contributed by atoms with Gasteiger partial charge in [-0.2, -0.15) is 5.10 Å². The van der Waals surface area contributed by atoms with E-state index in [1.165, 1.54) is 0 Å². The normalized spacial score (nSPS) is 10.8. The van der Waals surface area contributed by atoms with Crippen LogP contribution in [0.15, 0.2) is 30.3 Å². The Labute approximate surface area is 114 Å². The van der Waals surface area contributed by atoms with E-state index in [4.69, 9.17) is 0 Å². The molecule has 1 aromatic carbocycles. The first kappa shape index (κ1) is 13.7. The molecule has 0 aliphatic rings. The lowest BCUT2D eigenvalue weighted by atomic mass is 10.1. The zero-order chi connectivity index (χ0) is 13.7. The molecular formula is C16H22N2O. The van der Waals surface area contributed by atoms with E-state index in [1.54, 1.807) is 0 Å². The summed E-state index contributed by atoms with van der Waals surface area (Å²) in [5, 5.41) is 15.0. The van der Waals surface area contributed by atoms with Crippen LogP contribution in [-0.2, 0) is 13.0 Å². The minimum Gasteiger partial charge on any atom is -0.504 e. The van der Waals surface area contributed by atoms with E-state index in [1.807, 2.05) is 35.0 Å². The Hall–Kier alpha value is -1.77. The van der Waals surface area contributed by atoms with Crippen LogP contribution in [0.25, 0.3) is 11.3 Å². The Morgan fingerprint density at radius 3 is 2.47 bits per heavy atom. The molecule has 0 saturated carbocycles. The molecule has 0 unspecified atom stereocenters. The lowest BCUT2D eigenvalue weighted by molar-refractivity contribution is 0.468. The van der Waals surface area contributed by atoms with E-state index in [0.717, 1.165) is 49.2 Å². The van der Waals surface area contributed by atoms with Crippen molar-refractivity contribution in [1.82, 2.24) is 9.78 Å². The second kappa shape index (κ2) is 6.41. The molecule has 3 nitrogen and oxygen atoms in total. The second-order valence-electron chi connectivity index (χ2n) is 4.84. The lowest BCUT2D eigenvalue weighted by Crippen LogP contribution is -2.02. The van der Waals surface area contributed by atoms with Gasteiger partial charge in [0.1, 0.15) is 11.4 Å². The summed E-state index contributed by atoms with van der Waals surface area (Å²) >= 11 is 0. The summed E-state index contributed by atoms with van der Waals surface area (Å²) in [5.41, 5.74) is 2.71. The lowest BCUT2D eigenvalue weighted by Gasteiger charge is -2.06. The van der Waals surface area contributed by atoms with Crippen molar-refractivity contribution in [2.24, 2.45) is 0 Å². The first-order valence-corrected chi connectivity index (χ1v) is 7.12. The van der Waals surface area contributed by atoms with Crippen molar-refractivity contribution >= 4 is 0 Å². The molecule has 1 N–H and O–H groups in total. The smallest absolute Gasteiger partial charge is 0.164 e. The molecule has 0 aliphatic carbocycles. The van der Waals surface area contributed by atoms with Gasteiger partial charge in [0.05, 0.1) is 0 Å². The third kappa shape index (κ3) is 2.98. The largest absolute Gasteiger partial charge is 0.504 e. The van der Waals surface area contributed by atoms with Crippen LogP contribution in [0, 0.1) is 0 Å². The number of benzene rings is 1. The zero-order valence-electron chi connectivity index (χ0n) is 11.8. The number of unbranched alkanes of at least 4 members (excludes halogenated alkanes) is 1. The molecule has 1 heterocycles. The highest BCUT2D eigenvalue weighted by atomic mass is 16.3. The van der Waals surface area contributed by atoms with Gasteiger partial charge in [0.25, 0.3) is 0 Å². The molecule has 2 aromatic rings. The molecule has 0 atom stereocenters. The molecule has 0 radical (unpaired) electrons. The van der Waals surface area contributed by atoms with Gasteiger partial charge in [-0.05, 0) is 19.3 Å². The highest BCUT2D eigenvalue weighted by Crippen LogP contribution is 2.33. The summed E-state index contributed by atoms with van der Waals surface area (Å²) in [6.07, 6.45) is 4.03. The van der Waals surface area contributed by atoms with Crippen LogP contribution in [0.4, 0.5) is 0 Å². The van der Waals surface area contributed by atoms with Crippen molar-refractivity contribution in [3.05, 3.63) is 36.0 Å². The monoisotopic (exact) mass is 258 g/mol. The molecule has 0 amide bonds. The standard InChI is InChI=1S/C16H22N2O/c1-3-5-11-14-16(19)15(18(17-14)12-4-2)13-9-7-6-8-10-13/h6-10,19H,3-5,11-12H2,1-2H3. The Balaban J connectivity index is 2.42. The van der Waals surface area contributed by atoms with E-state index >= 15 is 0 Å². The van der Waals surface area contributed by atoms with Gasteiger partial charge in [-0.1, -0.05) is 50.6 Å². The Morgan fingerprint density at radius 2 is 1.84 bits per heavy atom. The number of hydrogen-bond acceptors (Lipinski definition) is 2. The van der Waals surface area contributed by atoms with Crippen LogP contribution in [0.2, 0.25) is 0 Å². The first-order chi connectivity index (χ1) is 9.27. The number of nitrogens with zero attached hydrogens (tertiary/aromatic N) is 2. The van der Waals surface area contributed by atoms with Crippen molar-refractivity contribution in [2.75, 3.05) is 0 Å². The quantitative estimate of drug-likeness (QED) is 0.850. The average Bonchev–Trinajstić information content (AvgIpc) is 2.74. The third-order valence-electron chi connectivity index (χ3n) is 3.25. The second-order valence-corrected chi connectivity index (χ2v) is 4.84. The molecule has 0 bridgehead atoms. The topological polar surface area (TPSA) is 38.0 Å².